The zero-order valence-electron chi connectivity index (χ0n) is 34.7. The number of ether oxygens (including phenoxy) is 1. The second kappa shape index (κ2) is 16.2. The molecule has 0 saturated heterocycles. The molecule has 0 bridgehead atoms. The number of rotatable bonds is 12. The summed E-state index contributed by atoms with van der Waals surface area (Å²) in [6.07, 6.45) is 15.9. The Morgan fingerprint density at radius 2 is 1.56 bits per heavy atom. The third-order valence-electron chi connectivity index (χ3n) is 11.7. The van der Waals surface area contributed by atoms with Gasteiger partial charge in [0, 0.05) is 132 Å². The molecule has 1 aliphatic rings. The van der Waals surface area contributed by atoms with E-state index >= 15 is 0 Å². The molecule has 0 amide bonds. The Hall–Kier alpha value is -6.00. The van der Waals surface area contributed by atoms with Crippen molar-refractivity contribution in [1.82, 2.24) is 53.9 Å². The topological polar surface area (TPSA) is 225 Å². The van der Waals surface area contributed by atoms with Gasteiger partial charge >= 0.3 is 0 Å². The van der Waals surface area contributed by atoms with Crippen LogP contribution in [0.4, 0.5) is 11.4 Å². The van der Waals surface area contributed by atoms with Gasteiger partial charge in [0.25, 0.3) is 0 Å². The lowest BCUT2D eigenvalue weighted by Gasteiger charge is -2.35. The second-order valence-electron chi connectivity index (χ2n) is 15.8. The first-order valence-corrected chi connectivity index (χ1v) is 24.6. The van der Waals surface area contributed by atoms with Gasteiger partial charge < -0.3 is 25.3 Å². The molecule has 11 rings (SSSR count). The zero-order valence-corrected chi connectivity index (χ0v) is 38.0. The predicted molar refractivity (Wildman–Crippen MR) is 253 cm³/mol. The van der Waals surface area contributed by atoms with Crippen molar-refractivity contribution in [2.24, 2.45) is 20.0 Å². The Bertz CT molecular complexity index is 3410. The van der Waals surface area contributed by atoms with Gasteiger partial charge in [-0.1, -0.05) is 22.7 Å². The van der Waals surface area contributed by atoms with Crippen molar-refractivity contribution in [3.63, 3.8) is 0 Å². The molecule has 0 aliphatic heterocycles. The number of nitrogens with zero attached hydrogens (tertiary/aromatic N) is 11. The van der Waals surface area contributed by atoms with Crippen LogP contribution in [0.25, 0.3) is 82.1 Å². The van der Waals surface area contributed by atoms with Gasteiger partial charge in [0.2, 0.25) is 14.2 Å². The Kier molecular flexibility index (Phi) is 10.3. The monoisotopic (exact) mass is 925 g/mol. The first-order valence-electron chi connectivity index (χ1n) is 20.4. The molecule has 322 valence electrons. The van der Waals surface area contributed by atoms with Crippen LogP contribution in [-0.2, 0) is 41.2 Å². The van der Waals surface area contributed by atoms with Crippen LogP contribution in [-0.4, -0.2) is 87.2 Å². The number of fused-ring (bicyclic) bond motifs is 4. The summed E-state index contributed by atoms with van der Waals surface area (Å²) in [5, 5.41) is 10.4. The summed E-state index contributed by atoms with van der Waals surface area (Å²) in [5.74, 6) is 1.09. The van der Waals surface area contributed by atoms with Gasteiger partial charge in [0.15, 0.2) is 0 Å². The Morgan fingerprint density at radius 1 is 0.812 bits per heavy atom. The fourth-order valence-electron chi connectivity index (χ4n) is 8.39. The molecule has 4 N–H and O–H groups in total. The van der Waals surface area contributed by atoms with Crippen molar-refractivity contribution < 1.29 is 13.8 Å². The van der Waals surface area contributed by atoms with Crippen molar-refractivity contribution in [1.29, 1.82) is 0 Å². The van der Waals surface area contributed by atoms with Crippen molar-refractivity contribution in [2.75, 3.05) is 30.4 Å². The molecule has 2 atom stereocenters. The highest BCUT2D eigenvalue weighted by molar-refractivity contribution is 7.94. The SMILES string of the molecule is Cc1nn(C)cc1-c1cc(-c2cnc3nccn3c2)nc2sc([S+]([O-])CCOCC3CC([S+]([O-])c4sc5nc(-c6cnc7cccnc7c6)cc(-c6ccnn6C)c5c4N)C3)c(N)c12. The minimum Gasteiger partial charge on any atom is -0.611 e. The van der Waals surface area contributed by atoms with Crippen molar-refractivity contribution >= 4 is 93.6 Å². The number of hydrogen-bond acceptors (Lipinski definition) is 15. The highest BCUT2D eigenvalue weighted by Crippen LogP contribution is 2.48. The predicted octanol–water partition coefficient (Wildman–Crippen LogP) is 7.21. The van der Waals surface area contributed by atoms with Crippen LogP contribution < -0.4 is 11.5 Å². The number of nitrogen functional groups attached to an aromatic ring is 2. The van der Waals surface area contributed by atoms with Crippen LogP contribution in [0.3, 0.4) is 0 Å². The number of imidazole rings is 1. The number of anilines is 2. The maximum atomic E-state index is 14.2. The summed E-state index contributed by atoms with van der Waals surface area (Å²) >= 11 is -0.0721. The molecule has 10 aromatic rings. The first kappa shape index (κ1) is 40.8. The smallest absolute Gasteiger partial charge is 0.233 e. The van der Waals surface area contributed by atoms with Gasteiger partial charge in [-0.3, -0.25) is 23.7 Å². The fraction of sp³-hybridized carbons (Fsp3) is 0.227. The minimum atomic E-state index is -1.44. The molecule has 10 aromatic heterocycles. The van der Waals surface area contributed by atoms with Crippen molar-refractivity contribution in [2.45, 2.75) is 33.4 Å². The van der Waals surface area contributed by atoms with E-state index in [0.717, 1.165) is 73.9 Å². The Balaban J connectivity index is 0.775. The fourth-order valence-corrected chi connectivity index (χ4v) is 14.2. The molecule has 16 nitrogen and oxygen atoms in total. The van der Waals surface area contributed by atoms with Gasteiger partial charge in [-0.25, -0.2) is 19.9 Å². The lowest BCUT2D eigenvalue weighted by molar-refractivity contribution is 0.0814. The molecule has 1 aliphatic carbocycles. The Morgan fingerprint density at radius 3 is 2.34 bits per heavy atom. The van der Waals surface area contributed by atoms with Crippen LogP contribution in [0.1, 0.15) is 18.5 Å². The largest absolute Gasteiger partial charge is 0.611 e. The number of aryl methyl sites for hydroxylation is 3. The lowest BCUT2D eigenvalue weighted by atomic mass is 9.85. The molecule has 10 heterocycles. The number of pyridine rings is 4. The van der Waals surface area contributed by atoms with Crippen molar-refractivity contribution in [3.05, 3.63) is 91.7 Å². The van der Waals surface area contributed by atoms with E-state index in [4.69, 9.17) is 26.2 Å². The van der Waals surface area contributed by atoms with E-state index in [1.54, 1.807) is 40.3 Å². The lowest BCUT2D eigenvalue weighted by Crippen LogP contribution is -2.38. The summed E-state index contributed by atoms with van der Waals surface area (Å²) in [6, 6.07) is 11.7. The summed E-state index contributed by atoms with van der Waals surface area (Å²) < 4.78 is 40.7. The van der Waals surface area contributed by atoms with Crippen LogP contribution in [0.5, 0.6) is 0 Å². The number of hydrogen-bond donors (Lipinski definition) is 2. The van der Waals surface area contributed by atoms with E-state index in [-0.39, 0.29) is 23.5 Å². The molecular weight excluding hydrogens is 887 g/mol. The first-order chi connectivity index (χ1) is 31.1. The van der Waals surface area contributed by atoms with Crippen LogP contribution >= 0.6 is 22.7 Å². The van der Waals surface area contributed by atoms with E-state index in [9.17, 15) is 9.11 Å². The van der Waals surface area contributed by atoms with Crippen LogP contribution in [0, 0.1) is 12.8 Å². The molecule has 1 fully saturated rings. The molecular formula is C44H39N13O3S4. The molecule has 64 heavy (non-hydrogen) atoms. The van der Waals surface area contributed by atoms with Crippen LogP contribution in [0.15, 0.2) is 94.4 Å². The Labute approximate surface area is 379 Å². The average molecular weight is 926 g/mol. The van der Waals surface area contributed by atoms with Gasteiger partial charge in [-0.15, -0.1) is 0 Å². The third-order valence-corrected chi connectivity index (χ3v) is 17.8. The van der Waals surface area contributed by atoms with E-state index in [2.05, 4.69) is 30.1 Å². The number of thiophene rings is 2. The van der Waals surface area contributed by atoms with Gasteiger partial charge in [0.1, 0.15) is 32.0 Å². The van der Waals surface area contributed by atoms with E-state index in [0.29, 0.717) is 53.2 Å². The average Bonchev–Trinajstić information content (AvgIpc) is 4.13. The quantitative estimate of drug-likeness (QED) is 0.0914. The molecule has 0 spiro atoms. The van der Waals surface area contributed by atoms with Gasteiger partial charge in [-0.2, -0.15) is 10.2 Å². The highest BCUT2D eigenvalue weighted by atomic mass is 32.2. The third kappa shape index (κ3) is 7.14. The summed E-state index contributed by atoms with van der Waals surface area (Å²) in [7, 11) is 3.76. The standard InChI is InChI=1S/C44H39N13O3S4/c1-23-30(21-55(2)54-23)28-16-33(26-19-50-44-48-9-10-57(44)20-26)53-40-36(28)38(45)42(61-40)63(58)12-11-60-22-24-13-27(14-24)64(59)43-39(46)37-29(35-6-8-51-56(35)3)17-32(52-41(37)62-43)25-15-34-31(49-18-25)5-4-7-47-34/h4-10,15-21,24,27H,11-14,22,45-46H2,1-3H3. The highest BCUT2D eigenvalue weighted by Gasteiger charge is 2.41. The molecule has 1 saturated carbocycles. The van der Waals surface area contributed by atoms with E-state index < -0.39 is 22.4 Å². The van der Waals surface area contributed by atoms with Crippen molar-refractivity contribution in [3.8, 4) is 44.9 Å². The maximum Gasteiger partial charge on any atom is 0.233 e. The van der Waals surface area contributed by atoms with Gasteiger partial charge in [-0.05, 0) is 54.8 Å². The van der Waals surface area contributed by atoms with Crippen LogP contribution in [0.2, 0.25) is 0 Å². The molecule has 0 radical (unpaired) electrons. The summed E-state index contributed by atoms with van der Waals surface area (Å²) in [4.78, 5) is 29.3. The number of nitrogens with two attached hydrogens (primary N) is 2. The van der Waals surface area contributed by atoms with E-state index in [1.807, 2.05) is 80.4 Å². The second-order valence-corrected chi connectivity index (χ2v) is 21.5. The summed E-state index contributed by atoms with van der Waals surface area (Å²) in [6.45, 7) is 2.71. The summed E-state index contributed by atoms with van der Waals surface area (Å²) in [5.41, 5.74) is 23.6. The maximum absolute atomic E-state index is 14.2. The molecule has 20 heteroatoms. The normalized spacial score (nSPS) is 16.3. The number of aromatic nitrogens is 11. The zero-order chi connectivity index (χ0) is 43.8. The van der Waals surface area contributed by atoms with Gasteiger partial charge in [0.05, 0.1) is 47.0 Å². The molecule has 2 unspecified atom stereocenters. The van der Waals surface area contributed by atoms with E-state index in [1.165, 1.54) is 22.7 Å². The minimum absolute atomic E-state index is 0.0699. The molecule has 0 aromatic carbocycles.